The van der Waals surface area contributed by atoms with E-state index < -0.39 is 115 Å². The number of nitrogens with zero attached hydrogens (tertiary/aromatic N) is 1. The van der Waals surface area contributed by atoms with E-state index in [1.54, 1.807) is 0 Å². The average molecular weight is 685 g/mol. The van der Waals surface area contributed by atoms with Crippen LogP contribution >= 0.6 is 0 Å². The number of amides is 2. The van der Waals surface area contributed by atoms with E-state index in [2.05, 4.69) is 5.32 Å². The van der Waals surface area contributed by atoms with E-state index in [0.717, 1.165) is 0 Å². The predicted molar refractivity (Wildman–Crippen MR) is 146 cm³/mol. The van der Waals surface area contributed by atoms with Crippen molar-refractivity contribution in [2.75, 3.05) is 59.3 Å². The summed E-state index contributed by atoms with van der Waals surface area (Å²) in [7, 11) is -5.30. The molecule has 266 valence electrons. The number of hydrogen-bond donors (Lipinski definition) is 13. The van der Waals surface area contributed by atoms with Crippen molar-refractivity contribution in [3.8, 4) is 0 Å². The summed E-state index contributed by atoms with van der Waals surface area (Å²) in [4.78, 5) is 36.4. The highest BCUT2D eigenvalue weighted by Crippen LogP contribution is 2.14. The second kappa shape index (κ2) is 21.6. The van der Waals surface area contributed by atoms with Gasteiger partial charge in [0.2, 0.25) is 11.8 Å². The lowest BCUT2D eigenvalue weighted by Gasteiger charge is -2.34. The number of carbonyl (C=O) groups is 3. The molecule has 0 bridgehead atoms. The molecule has 0 heterocycles. The van der Waals surface area contributed by atoms with E-state index in [0.29, 0.717) is 4.90 Å². The summed E-state index contributed by atoms with van der Waals surface area (Å²) >= 11 is 0. The molecule has 21 nitrogen and oxygen atoms in total. The quantitative estimate of drug-likeness (QED) is 0.0313. The zero-order chi connectivity index (χ0) is 34.9. The Morgan fingerprint density at radius 1 is 0.689 bits per heavy atom. The molecule has 0 fully saturated rings. The first-order valence-electron chi connectivity index (χ1n) is 13.4. The van der Waals surface area contributed by atoms with Gasteiger partial charge in [-0.2, -0.15) is 8.42 Å². The molecule has 45 heavy (non-hydrogen) atoms. The fourth-order valence-electron chi connectivity index (χ4n) is 3.53. The van der Waals surface area contributed by atoms with Gasteiger partial charge in [0.1, 0.15) is 48.8 Å². The number of aliphatic carboxylic acids is 1. The third kappa shape index (κ3) is 16.3. The molecular weight excluding hydrogens is 640 g/mol. The molecule has 0 spiro atoms. The number of aliphatic hydroxyl groups excluding tert-OH is 10. The molecule has 0 saturated carbocycles. The minimum Gasteiger partial charge on any atom is -0.481 e. The van der Waals surface area contributed by atoms with Crippen molar-refractivity contribution in [2.45, 2.75) is 66.9 Å². The van der Waals surface area contributed by atoms with Crippen molar-refractivity contribution in [3.63, 3.8) is 0 Å². The van der Waals surface area contributed by atoms with Crippen molar-refractivity contribution < 1.29 is 93.0 Å². The second-order valence-electron chi connectivity index (χ2n) is 9.76. The lowest BCUT2D eigenvalue weighted by Crippen LogP contribution is -2.55. The predicted octanol–water partition coefficient (Wildman–Crippen LogP) is -8.04. The van der Waals surface area contributed by atoms with Gasteiger partial charge in [0.15, 0.2) is 5.25 Å². The van der Waals surface area contributed by atoms with Crippen molar-refractivity contribution in [3.05, 3.63) is 0 Å². The molecule has 0 radical (unpaired) electrons. The monoisotopic (exact) mass is 684 g/mol. The Balaban J connectivity index is 5.62. The Bertz CT molecular complexity index is 957. The van der Waals surface area contributed by atoms with Crippen LogP contribution < -0.4 is 5.32 Å². The molecule has 0 aliphatic heterocycles. The van der Waals surface area contributed by atoms with Crippen molar-refractivity contribution >= 4 is 27.9 Å². The lowest BCUT2D eigenvalue weighted by atomic mass is 10.0. The van der Waals surface area contributed by atoms with Gasteiger partial charge in [-0.1, -0.05) is 0 Å². The zero-order valence-corrected chi connectivity index (χ0v) is 24.9. The van der Waals surface area contributed by atoms with E-state index in [1.807, 2.05) is 0 Å². The number of rotatable bonds is 25. The zero-order valence-electron chi connectivity index (χ0n) is 24.1. The minimum absolute atomic E-state index is 0.00623. The molecule has 0 aliphatic rings. The SMILES string of the molecule is O=C(O)CCOCCOCCNC(=O)C(CC(=O)N(C[C@H](O)[C@@H](O)[C@H](O)[C@H](O)CO)C[C@H](O)[C@@H](O)[C@H](O)[C@H](O)CO)S(=O)(=O)O. The van der Waals surface area contributed by atoms with E-state index >= 15 is 0 Å². The van der Waals surface area contributed by atoms with Gasteiger partial charge >= 0.3 is 5.97 Å². The number of hydrogen-bond acceptors (Lipinski definition) is 17. The number of carbonyl (C=O) groups excluding carboxylic acids is 2. The number of carboxylic acids is 1. The molecule has 0 saturated heterocycles. The molecule has 9 atom stereocenters. The Morgan fingerprint density at radius 3 is 1.51 bits per heavy atom. The molecule has 22 heteroatoms. The summed E-state index contributed by atoms with van der Waals surface area (Å²) in [6, 6.07) is 0. The third-order valence-corrected chi connectivity index (χ3v) is 7.31. The highest BCUT2D eigenvalue weighted by atomic mass is 32.2. The summed E-state index contributed by atoms with van der Waals surface area (Å²) in [6.45, 7) is -4.90. The minimum atomic E-state index is -5.30. The van der Waals surface area contributed by atoms with E-state index in [4.69, 9.17) is 24.8 Å². The van der Waals surface area contributed by atoms with Gasteiger partial charge in [-0.05, 0) is 0 Å². The molecule has 2 amide bonds. The highest BCUT2D eigenvalue weighted by Gasteiger charge is 2.39. The lowest BCUT2D eigenvalue weighted by molar-refractivity contribution is -0.148. The smallest absolute Gasteiger partial charge is 0.305 e. The van der Waals surface area contributed by atoms with Crippen LogP contribution in [-0.2, 0) is 34.0 Å². The number of aliphatic hydroxyl groups is 10. The van der Waals surface area contributed by atoms with Crippen LogP contribution in [0.3, 0.4) is 0 Å². The van der Waals surface area contributed by atoms with Crippen molar-refractivity contribution in [1.29, 1.82) is 0 Å². The van der Waals surface area contributed by atoms with Crippen LogP contribution in [0.25, 0.3) is 0 Å². The maximum atomic E-state index is 13.1. The standard InChI is InChI=1S/C23H44N2O19S/c26-10-14(30)21(37)19(35)12(28)8-25(9-13(29)20(36)22(38)15(31)11-27)17(32)7-16(45(40,41)42)23(39)24-2-4-44-6-5-43-3-1-18(33)34/h12-16,19-22,26-31,35-38H,1-11H2,(H,24,39)(H,33,34)(H,40,41,42)/t12-,13-,14+,15+,16?,19+,20+,21+,22+/m0/s1. The summed E-state index contributed by atoms with van der Waals surface area (Å²) < 4.78 is 43.6. The number of ether oxygens (including phenoxy) is 2. The highest BCUT2D eigenvalue weighted by molar-refractivity contribution is 7.87. The van der Waals surface area contributed by atoms with Crippen LogP contribution in [0, 0.1) is 0 Å². The first kappa shape index (κ1) is 42.8. The van der Waals surface area contributed by atoms with Gasteiger partial charge in [0.25, 0.3) is 10.1 Å². The number of nitrogens with one attached hydrogen (secondary N) is 1. The maximum Gasteiger partial charge on any atom is 0.305 e. The Kier molecular flexibility index (Phi) is 20.6. The van der Waals surface area contributed by atoms with Crippen LogP contribution in [0.4, 0.5) is 0 Å². The molecule has 0 aromatic carbocycles. The Morgan fingerprint density at radius 2 is 1.11 bits per heavy atom. The van der Waals surface area contributed by atoms with Crippen LogP contribution in [0.2, 0.25) is 0 Å². The van der Waals surface area contributed by atoms with Gasteiger partial charge in [-0.15, -0.1) is 0 Å². The van der Waals surface area contributed by atoms with Crippen molar-refractivity contribution in [1.82, 2.24) is 10.2 Å². The van der Waals surface area contributed by atoms with Crippen LogP contribution in [-0.4, -0.2) is 205 Å². The normalized spacial score (nSPS) is 18.1. The van der Waals surface area contributed by atoms with Gasteiger partial charge < -0.3 is 75.9 Å². The van der Waals surface area contributed by atoms with E-state index in [1.165, 1.54) is 0 Å². The largest absolute Gasteiger partial charge is 0.481 e. The summed E-state index contributed by atoms with van der Waals surface area (Å²) in [5, 5.41) is 106. The Labute approximate surface area is 257 Å². The van der Waals surface area contributed by atoms with Crippen LogP contribution in [0.15, 0.2) is 0 Å². The average Bonchev–Trinajstić information content (AvgIpc) is 2.98. The van der Waals surface area contributed by atoms with Crippen LogP contribution in [0.5, 0.6) is 0 Å². The molecule has 1 unspecified atom stereocenters. The maximum absolute atomic E-state index is 13.1. The molecule has 13 N–H and O–H groups in total. The molecule has 0 aliphatic carbocycles. The molecule has 0 rings (SSSR count). The topological polar surface area (TPSA) is 362 Å². The fraction of sp³-hybridized carbons (Fsp3) is 0.870. The van der Waals surface area contributed by atoms with Crippen LogP contribution in [0.1, 0.15) is 12.8 Å². The van der Waals surface area contributed by atoms with E-state index in [9.17, 15) is 68.2 Å². The first-order chi connectivity index (χ1) is 20.9. The van der Waals surface area contributed by atoms with Gasteiger partial charge in [-0.25, -0.2) is 0 Å². The van der Waals surface area contributed by atoms with E-state index in [-0.39, 0.29) is 39.4 Å². The van der Waals surface area contributed by atoms with Gasteiger partial charge in [0.05, 0.1) is 52.5 Å². The molecular formula is C23H44N2O19S. The number of carboxylic acid groups (broad SMARTS) is 1. The van der Waals surface area contributed by atoms with Gasteiger partial charge in [-0.3, -0.25) is 18.9 Å². The molecule has 0 aromatic heterocycles. The van der Waals surface area contributed by atoms with Gasteiger partial charge in [0, 0.05) is 19.6 Å². The fourth-order valence-corrected chi connectivity index (χ4v) is 4.24. The molecule has 0 aromatic rings. The summed E-state index contributed by atoms with van der Waals surface area (Å²) in [5.74, 6) is -3.87. The summed E-state index contributed by atoms with van der Waals surface area (Å²) in [6.07, 6.45) is -18.7. The summed E-state index contributed by atoms with van der Waals surface area (Å²) in [5.41, 5.74) is 0. The van der Waals surface area contributed by atoms with Crippen molar-refractivity contribution in [2.24, 2.45) is 0 Å². The first-order valence-corrected chi connectivity index (χ1v) is 14.9. The second-order valence-corrected chi connectivity index (χ2v) is 11.4. The Hall–Kier alpha value is -2.16. The third-order valence-electron chi connectivity index (χ3n) is 6.21.